The Morgan fingerprint density at radius 3 is 2.39 bits per heavy atom. The summed E-state index contributed by atoms with van der Waals surface area (Å²) < 4.78 is 12.7. The Bertz CT molecular complexity index is 1060. The van der Waals surface area contributed by atoms with Crippen LogP contribution < -0.4 is 5.32 Å². The average Bonchev–Trinajstić information content (AvgIpc) is 3.07. The van der Waals surface area contributed by atoms with Gasteiger partial charge < -0.3 is 19.4 Å². The molecule has 0 saturated heterocycles. The molecule has 0 saturated carbocycles. The van der Waals surface area contributed by atoms with Crippen LogP contribution in [0.5, 0.6) is 0 Å². The lowest BCUT2D eigenvalue weighted by Crippen LogP contribution is -2.17. The number of nitrogens with zero attached hydrogens (tertiary/aromatic N) is 1. The van der Waals surface area contributed by atoms with E-state index in [0.29, 0.717) is 23.4 Å². The summed E-state index contributed by atoms with van der Waals surface area (Å²) in [6.07, 6.45) is 0. The number of esters is 1. The van der Waals surface area contributed by atoms with Crippen molar-refractivity contribution in [3.8, 4) is 0 Å². The molecule has 2 aromatic carbocycles. The normalized spacial score (nSPS) is 11.7. The van der Waals surface area contributed by atoms with Gasteiger partial charge in [-0.15, -0.1) is 0 Å². The Balaban J connectivity index is 1.71. The maximum atomic E-state index is 12.8. The number of ether oxygens (including phenoxy) is 2. The molecule has 0 aliphatic rings. The van der Waals surface area contributed by atoms with E-state index in [9.17, 15) is 9.59 Å². The molecule has 31 heavy (non-hydrogen) atoms. The number of para-hydroxylation sites is 2. The number of hydrogen-bond acceptors (Lipinski definition) is 5. The second-order valence-electron chi connectivity index (χ2n) is 7.50. The molecule has 3 aromatic rings. The van der Waals surface area contributed by atoms with Crippen LogP contribution in [-0.2, 0) is 9.47 Å². The van der Waals surface area contributed by atoms with Gasteiger partial charge in [-0.25, -0.2) is 4.79 Å². The van der Waals surface area contributed by atoms with Gasteiger partial charge in [-0.05, 0) is 51.1 Å². The van der Waals surface area contributed by atoms with E-state index in [2.05, 4.69) is 9.88 Å². The number of aromatic nitrogens is 1. The van der Waals surface area contributed by atoms with E-state index < -0.39 is 5.97 Å². The fourth-order valence-corrected chi connectivity index (χ4v) is 3.79. The molecular formula is C25H28N2O4. The lowest BCUT2D eigenvalue weighted by molar-refractivity contribution is 0.0475. The zero-order chi connectivity index (χ0) is 22.4. The zero-order valence-electron chi connectivity index (χ0n) is 18.3. The molecule has 0 aliphatic heterocycles. The Labute approximate surface area is 182 Å². The van der Waals surface area contributed by atoms with Crippen LogP contribution in [0.4, 0.5) is 11.4 Å². The number of hydrogen-bond donors (Lipinski definition) is 1. The van der Waals surface area contributed by atoms with Gasteiger partial charge in [0.15, 0.2) is 6.61 Å². The monoisotopic (exact) mass is 420 g/mol. The van der Waals surface area contributed by atoms with Gasteiger partial charge in [-0.2, -0.15) is 0 Å². The predicted molar refractivity (Wildman–Crippen MR) is 121 cm³/mol. The van der Waals surface area contributed by atoms with Crippen LogP contribution in [0, 0.1) is 13.8 Å². The molecule has 3 rings (SSSR count). The van der Waals surface area contributed by atoms with Crippen LogP contribution in [0.25, 0.3) is 0 Å². The number of nitrogens with one attached hydrogen (secondary N) is 1. The number of benzene rings is 2. The quantitative estimate of drug-likeness (QED) is 0.385. The third kappa shape index (κ3) is 5.22. The first kappa shape index (κ1) is 22.3. The molecule has 162 valence electrons. The van der Waals surface area contributed by atoms with E-state index in [1.54, 1.807) is 25.3 Å². The Kier molecular flexibility index (Phi) is 7.26. The molecule has 0 radical (unpaired) electrons. The van der Waals surface area contributed by atoms with Gasteiger partial charge in [0.05, 0.1) is 23.9 Å². The lowest BCUT2D eigenvalue weighted by Gasteiger charge is -2.17. The standard InChI is InChI=1S/C25H28N2O4/c1-17-14-22(19(3)27(17)18(2)15-30-4)24(28)16-31-25(29)21-12-8-9-13-23(21)26-20-10-6-5-7-11-20/h5-14,18,26H,15-16H2,1-4H3/t18-/m0/s1. The van der Waals surface area contributed by atoms with E-state index in [1.807, 2.05) is 63.2 Å². The largest absolute Gasteiger partial charge is 0.454 e. The highest BCUT2D eigenvalue weighted by Gasteiger charge is 2.21. The zero-order valence-corrected chi connectivity index (χ0v) is 18.3. The summed E-state index contributed by atoms with van der Waals surface area (Å²) >= 11 is 0. The maximum absolute atomic E-state index is 12.8. The number of carbonyl (C=O) groups excluding carboxylic acids is 2. The summed E-state index contributed by atoms with van der Waals surface area (Å²) in [5.74, 6) is -0.778. The van der Waals surface area contributed by atoms with E-state index in [-0.39, 0.29) is 18.4 Å². The van der Waals surface area contributed by atoms with Crippen LogP contribution in [-0.4, -0.2) is 36.6 Å². The maximum Gasteiger partial charge on any atom is 0.340 e. The molecule has 0 bridgehead atoms. The van der Waals surface area contributed by atoms with Crippen LogP contribution in [0.2, 0.25) is 0 Å². The first-order valence-corrected chi connectivity index (χ1v) is 10.2. The lowest BCUT2D eigenvalue weighted by atomic mass is 10.1. The third-order valence-corrected chi connectivity index (χ3v) is 5.17. The smallest absolute Gasteiger partial charge is 0.340 e. The number of anilines is 2. The van der Waals surface area contributed by atoms with Crippen molar-refractivity contribution < 1.29 is 19.1 Å². The summed E-state index contributed by atoms with van der Waals surface area (Å²) in [4.78, 5) is 25.5. The minimum absolute atomic E-state index is 0.102. The van der Waals surface area contributed by atoms with Crippen LogP contribution >= 0.6 is 0 Å². The van der Waals surface area contributed by atoms with Crippen molar-refractivity contribution >= 4 is 23.1 Å². The summed E-state index contributed by atoms with van der Waals surface area (Å²) in [7, 11) is 1.65. The third-order valence-electron chi connectivity index (χ3n) is 5.17. The van der Waals surface area contributed by atoms with E-state index in [1.165, 1.54) is 0 Å². The van der Waals surface area contributed by atoms with E-state index in [4.69, 9.17) is 9.47 Å². The molecule has 0 amide bonds. The molecule has 1 atom stereocenters. The summed E-state index contributed by atoms with van der Waals surface area (Å²) in [5, 5.41) is 3.22. The number of ketones is 1. The second-order valence-corrected chi connectivity index (χ2v) is 7.50. The number of rotatable bonds is 9. The molecule has 1 aromatic heterocycles. The fourth-order valence-electron chi connectivity index (χ4n) is 3.79. The van der Waals surface area contributed by atoms with Crippen molar-refractivity contribution in [3.63, 3.8) is 0 Å². The minimum atomic E-state index is -0.547. The topological polar surface area (TPSA) is 69.6 Å². The van der Waals surface area contributed by atoms with Gasteiger partial charge in [0.25, 0.3) is 0 Å². The molecule has 0 unspecified atom stereocenters. The molecule has 1 heterocycles. The van der Waals surface area contributed by atoms with Gasteiger partial charge in [-0.1, -0.05) is 30.3 Å². The number of carbonyl (C=O) groups is 2. The van der Waals surface area contributed by atoms with Crippen LogP contribution in [0.1, 0.15) is 45.1 Å². The SMILES string of the molecule is COC[C@H](C)n1c(C)cc(C(=O)COC(=O)c2ccccc2Nc2ccccc2)c1C. The van der Waals surface area contributed by atoms with Crippen LogP contribution in [0.3, 0.4) is 0 Å². The van der Waals surface area contributed by atoms with E-state index >= 15 is 0 Å². The van der Waals surface area contributed by atoms with Gasteiger partial charge in [-0.3, -0.25) is 4.79 Å². The molecule has 1 N–H and O–H groups in total. The van der Waals surface area contributed by atoms with Gasteiger partial charge in [0.2, 0.25) is 5.78 Å². The Hall–Kier alpha value is -3.38. The van der Waals surface area contributed by atoms with Crippen molar-refractivity contribution in [1.29, 1.82) is 0 Å². The number of methoxy groups -OCH3 is 1. The van der Waals surface area contributed by atoms with Crippen molar-refractivity contribution in [1.82, 2.24) is 4.57 Å². The van der Waals surface area contributed by atoms with Gasteiger partial charge in [0.1, 0.15) is 0 Å². The highest BCUT2D eigenvalue weighted by molar-refractivity contribution is 6.02. The van der Waals surface area contributed by atoms with Crippen LogP contribution in [0.15, 0.2) is 60.7 Å². The van der Waals surface area contributed by atoms with E-state index in [0.717, 1.165) is 17.1 Å². The fraction of sp³-hybridized carbons (Fsp3) is 0.280. The average molecular weight is 421 g/mol. The molecule has 0 spiro atoms. The molecule has 0 fully saturated rings. The molecule has 6 heteroatoms. The first-order valence-electron chi connectivity index (χ1n) is 10.2. The summed E-state index contributed by atoms with van der Waals surface area (Å²) in [6.45, 7) is 6.11. The predicted octanol–water partition coefficient (Wildman–Crippen LogP) is 5.10. The van der Waals surface area contributed by atoms with Crippen molar-refractivity contribution in [2.45, 2.75) is 26.8 Å². The summed E-state index contributed by atoms with van der Waals surface area (Å²) in [6, 6.07) is 18.6. The molecule has 6 nitrogen and oxygen atoms in total. The van der Waals surface area contributed by atoms with Gasteiger partial charge >= 0.3 is 5.97 Å². The Morgan fingerprint density at radius 1 is 1.00 bits per heavy atom. The van der Waals surface area contributed by atoms with Crippen molar-refractivity contribution in [3.05, 3.63) is 83.2 Å². The molecule has 0 aliphatic carbocycles. The minimum Gasteiger partial charge on any atom is -0.454 e. The highest BCUT2D eigenvalue weighted by Crippen LogP contribution is 2.23. The number of Topliss-reactive ketones (excluding diaryl/α,β-unsaturated/α-hetero) is 1. The van der Waals surface area contributed by atoms with Gasteiger partial charge in [0, 0.05) is 29.7 Å². The second kappa shape index (κ2) is 10.1. The Morgan fingerprint density at radius 2 is 1.68 bits per heavy atom. The highest BCUT2D eigenvalue weighted by atomic mass is 16.5. The first-order chi connectivity index (χ1) is 14.9. The van der Waals surface area contributed by atoms with Crippen molar-refractivity contribution in [2.75, 3.05) is 25.6 Å². The molecular weight excluding hydrogens is 392 g/mol. The summed E-state index contributed by atoms with van der Waals surface area (Å²) in [5.41, 5.74) is 4.22. The van der Waals surface area contributed by atoms with Crippen molar-refractivity contribution in [2.24, 2.45) is 0 Å². The number of aryl methyl sites for hydroxylation is 1.